The average molecular weight is 91.1 g/mol. The molecule has 3 nitrogen and oxygen atoms in total. The minimum atomic E-state index is 0. The predicted octanol–water partition coefficient (Wildman–Crippen LogP) is 0.341. The van der Waals surface area contributed by atoms with Crippen LogP contribution in [0.3, 0.4) is 0 Å². The van der Waals surface area contributed by atoms with E-state index in [9.17, 15) is 4.79 Å². The first-order valence-corrected chi connectivity index (χ1v) is 1.47. The van der Waals surface area contributed by atoms with Gasteiger partial charge in [-0.2, -0.15) is 0 Å². The summed E-state index contributed by atoms with van der Waals surface area (Å²) in [5, 5.41) is 0. The molecule has 0 atom stereocenters. The minimum Gasteiger partial charge on any atom is -0.468 e. The molecule has 0 aliphatic heterocycles. The van der Waals surface area contributed by atoms with E-state index in [0.717, 1.165) is 0 Å². The molecule has 0 unspecified atom stereocenters. The third-order valence-electron chi connectivity index (χ3n) is 0.235. The molecule has 0 fully saturated rings. The Bertz CT molecular complexity index is 30.0. The smallest absolute Gasteiger partial charge is 0.293 e. The van der Waals surface area contributed by atoms with Crippen LogP contribution in [0.5, 0.6) is 0 Å². The molecule has 0 saturated carbocycles. The predicted molar refractivity (Wildman–Crippen MR) is 22.7 cm³/mol. The summed E-state index contributed by atoms with van der Waals surface area (Å²) in [5.74, 6) is 0. The summed E-state index contributed by atoms with van der Waals surface area (Å²) in [6.07, 6.45) is 0. The molecule has 3 heteroatoms. The van der Waals surface area contributed by atoms with Crippen molar-refractivity contribution in [1.82, 2.24) is 6.15 Å². The van der Waals surface area contributed by atoms with Crippen molar-refractivity contribution in [3.8, 4) is 0 Å². The fourth-order valence-corrected chi connectivity index (χ4v) is 0.0680. The standard InChI is InChI=1S/C3H6O2.H3N/c1-2-5-3-4;/h3H,2H2,1H3;1H3. The first-order valence-electron chi connectivity index (χ1n) is 1.47. The van der Waals surface area contributed by atoms with E-state index >= 15 is 0 Å². The van der Waals surface area contributed by atoms with Crippen molar-refractivity contribution in [3.05, 3.63) is 0 Å². The van der Waals surface area contributed by atoms with E-state index in [1.165, 1.54) is 0 Å². The monoisotopic (exact) mass is 91.1 g/mol. The van der Waals surface area contributed by atoms with Crippen molar-refractivity contribution >= 4 is 6.47 Å². The Balaban J connectivity index is 0. The largest absolute Gasteiger partial charge is 0.468 e. The van der Waals surface area contributed by atoms with Crippen LogP contribution in [0.15, 0.2) is 0 Å². The second kappa shape index (κ2) is 8.83. The minimum absolute atomic E-state index is 0. The van der Waals surface area contributed by atoms with Gasteiger partial charge in [-0.25, -0.2) is 0 Å². The van der Waals surface area contributed by atoms with Crippen LogP contribution in [0.25, 0.3) is 0 Å². The zero-order chi connectivity index (χ0) is 4.12. The Morgan fingerprint density at radius 2 is 2.33 bits per heavy atom. The van der Waals surface area contributed by atoms with E-state index in [4.69, 9.17) is 0 Å². The van der Waals surface area contributed by atoms with Crippen molar-refractivity contribution in [2.24, 2.45) is 0 Å². The van der Waals surface area contributed by atoms with Crippen molar-refractivity contribution in [1.29, 1.82) is 0 Å². The lowest BCUT2D eigenvalue weighted by atomic mass is 10.9. The van der Waals surface area contributed by atoms with E-state index in [1.54, 1.807) is 6.92 Å². The van der Waals surface area contributed by atoms with E-state index < -0.39 is 0 Å². The van der Waals surface area contributed by atoms with E-state index in [1.807, 2.05) is 0 Å². The molecule has 3 N–H and O–H groups in total. The number of ether oxygens (including phenoxy) is 1. The summed E-state index contributed by atoms with van der Waals surface area (Å²) in [5.41, 5.74) is 0. The maximum absolute atomic E-state index is 9.18. The van der Waals surface area contributed by atoms with Crippen LogP contribution in [0, 0.1) is 0 Å². The van der Waals surface area contributed by atoms with E-state index in [-0.39, 0.29) is 6.15 Å². The number of carbonyl (C=O) groups is 1. The quantitative estimate of drug-likeness (QED) is 0.498. The highest BCUT2D eigenvalue weighted by Gasteiger charge is 1.60. The van der Waals surface area contributed by atoms with Gasteiger partial charge in [0.2, 0.25) is 0 Å². The topological polar surface area (TPSA) is 61.3 Å². The first kappa shape index (κ1) is 9.06. The van der Waals surface area contributed by atoms with Crippen molar-refractivity contribution in [2.75, 3.05) is 6.61 Å². The van der Waals surface area contributed by atoms with Gasteiger partial charge >= 0.3 is 0 Å². The molecular formula is C3H9NO2. The van der Waals surface area contributed by atoms with E-state index in [2.05, 4.69) is 4.74 Å². The van der Waals surface area contributed by atoms with Crippen LogP contribution in [0.1, 0.15) is 6.92 Å². The zero-order valence-corrected chi connectivity index (χ0v) is 3.81. The molecule has 0 heterocycles. The number of carbonyl (C=O) groups excluding carboxylic acids is 1. The first-order chi connectivity index (χ1) is 2.41. The van der Waals surface area contributed by atoms with Crippen LogP contribution >= 0.6 is 0 Å². The molecule has 0 saturated heterocycles. The lowest BCUT2D eigenvalue weighted by Gasteiger charge is -1.79. The lowest BCUT2D eigenvalue weighted by Crippen LogP contribution is -1.80. The van der Waals surface area contributed by atoms with Crippen molar-refractivity contribution in [2.45, 2.75) is 6.92 Å². The van der Waals surface area contributed by atoms with Crippen LogP contribution in [-0.2, 0) is 9.53 Å². The summed E-state index contributed by atoms with van der Waals surface area (Å²) < 4.78 is 4.15. The van der Waals surface area contributed by atoms with Gasteiger partial charge in [0.15, 0.2) is 0 Å². The van der Waals surface area contributed by atoms with Gasteiger partial charge in [-0.05, 0) is 6.92 Å². The third-order valence-corrected chi connectivity index (χ3v) is 0.235. The maximum Gasteiger partial charge on any atom is 0.293 e. The fraction of sp³-hybridized carbons (Fsp3) is 0.667. The summed E-state index contributed by atoms with van der Waals surface area (Å²) in [4.78, 5) is 9.18. The summed E-state index contributed by atoms with van der Waals surface area (Å²) in [7, 11) is 0. The molecule has 0 bridgehead atoms. The Morgan fingerprint density at radius 1 is 1.83 bits per heavy atom. The van der Waals surface area contributed by atoms with Crippen LogP contribution in [0.2, 0.25) is 0 Å². The second-order valence-corrected chi connectivity index (χ2v) is 0.552. The molecule has 0 aromatic rings. The van der Waals surface area contributed by atoms with Gasteiger partial charge in [-0.3, -0.25) is 4.79 Å². The van der Waals surface area contributed by atoms with Crippen molar-refractivity contribution < 1.29 is 9.53 Å². The number of hydrogen-bond acceptors (Lipinski definition) is 3. The lowest BCUT2D eigenvalue weighted by molar-refractivity contribution is -0.128. The molecule has 0 spiro atoms. The Hall–Kier alpha value is -0.570. The van der Waals surface area contributed by atoms with Gasteiger partial charge < -0.3 is 10.9 Å². The normalized spacial score (nSPS) is 5.50. The van der Waals surface area contributed by atoms with Crippen LogP contribution < -0.4 is 6.15 Å². The average Bonchev–Trinajstić information content (AvgIpc) is 1.41. The summed E-state index contributed by atoms with van der Waals surface area (Å²) in [6.45, 7) is 2.66. The molecule has 0 aromatic heterocycles. The molecule has 0 rings (SSSR count). The molecule has 6 heavy (non-hydrogen) atoms. The van der Waals surface area contributed by atoms with Crippen LogP contribution in [0.4, 0.5) is 0 Å². The Kier molecular flexibility index (Phi) is 13.3. The van der Waals surface area contributed by atoms with Gasteiger partial charge in [0.25, 0.3) is 6.47 Å². The SMILES string of the molecule is CCOC=O.N. The van der Waals surface area contributed by atoms with Gasteiger partial charge in [0, 0.05) is 0 Å². The fourth-order valence-electron chi connectivity index (χ4n) is 0.0680. The molecule has 0 radical (unpaired) electrons. The highest BCUT2D eigenvalue weighted by Crippen LogP contribution is 1.55. The van der Waals surface area contributed by atoms with Crippen molar-refractivity contribution in [3.63, 3.8) is 0 Å². The van der Waals surface area contributed by atoms with Gasteiger partial charge in [0.1, 0.15) is 0 Å². The van der Waals surface area contributed by atoms with Crippen LogP contribution in [-0.4, -0.2) is 13.1 Å². The molecule has 0 aromatic carbocycles. The molecular weight excluding hydrogens is 82.0 g/mol. The molecule has 0 amide bonds. The van der Waals surface area contributed by atoms with Gasteiger partial charge in [-0.15, -0.1) is 0 Å². The summed E-state index contributed by atoms with van der Waals surface area (Å²) >= 11 is 0. The van der Waals surface area contributed by atoms with Gasteiger partial charge in [-0.1, -0.05) is 0 Å². The Morgan fingerprint density at radius 3 is 2.33 bits per heavy atom. The third kappa shape index (κ3) is 9.90. The molecule has 0 aliphatic carbocycles. The van der Waals surface area contributed by atoms with E-state index in [0.29, 0.717) is 13.1 Å². The molecule has 0 aliphatic rings. The van der Waals surface area contributed by atoms with Gasteiger partial charge in [0.05, 0.1) is 6.61 Å². The number of rotatable bonds is 2. The highest BCUT2D eigenvalue weighted by atomic mass is 16.5. The zero-order valence-electron chi connectivity index (χ0n) is 3.81. The Labute approximate surface area is 36.9 Å². The highest BCUT2D eigenvalue weighted by molar-refractivity contribution is 5.36. The second-order valence-electron chi connectivity index (χ2n) is 0.552. The number of hydrogen-bond donors (Lipinski definition) is 1. The maximum atomic E-state index is 9.18. The molecule has 38 valence electrons. The summed E-state index contributed by atoms with van der Waals surface area (Å²) in [6, 6.07) is 0.